The zero-order chi connectivity index (χ0) is 17.1. The Kier molecular flexibility index (Phi) is 8.24. The Morgan fingerprint density at radius 1 is 0.750 bits per heavy atom. The Morgan fingerprint density at radius 3 is 2.04 bits per heavy atom. The average molecular weight is 348 g/mol. The molecule has 0 aliphatic heterocycles. The fourth-order valence-corrected chi connectivity index (χ4v) is 5.03. The number of unbranched alkanes of at least 4 members (excludes halogenated alkanes) is 3. The topological polar surface area (TPSA) is 27.7 Å². The maximum atomic E-state index is 6.33. The van der Waals surface area contributed by atoms with Gasteiger partial charge in [-0.15, -0.1) is 0 Å². The molecule has 0 aliphatic rings. The first-order valence-corrected chi connectivity index (χ1v) is 10.6. The van der Waals surface area contributed by atoms with Gasteiger partial charge in [-0.2, -0.15) is 0 Å². The normalized spacial score (nSPS) is 12.1. The van der Waals surface area contributed by atoms with Crippen LogP contribution in [0.4, 0.5) is 0 Å². The van der Waals surface area contributed by atoms with Crippen LogP contribution in [0, 0.1) is 0 Å². The van der Waals surface area contributed by atoms with Crippen LogP contribution in [0.2, 0.25) is 0 Å². The summed E-state index contributed by atoms with van der Waals surface area (Å²) in [4.78, 5) is 0. The molecule has 0 bridgehead atoms. The number of hydrogen-bond donors (Lipinski definition) is 0. The van der Waals surface area contributed by atoms with Gasteiger partial charge in [0.05, 0.1) is 0 Å². The molecule has 0 spiro atoms. The van der Waals surface area contributed by atoms with E-state index in [1.54, 1.807) is 0 Å². The van der Waals surface area contributed by atoms with Crippen LogP contribution in [-0.2, 0) is 9.05 Å². The standard InChI is InChI=1S/C20H29O3P/c1-3-5-6-13-18-22-24(21-4-2,20-16-11-8-12-17-20)23-19-14-9-7-10-15-19/h7-12,14-17,24H,3-6,13,18H2,1-2H3. The van der Waals surface area contributed by atoms with E-state index < -0.39 is 7.94 Å². The predicted octanol–water partition coefficient (Wildman–Crippen LogP) is 5.52. The van der Waals surface area contributed by atoms with E-state index >= 15 is 0 Å². The summed E-state index contributed by atoms with van der Waals surface area (Å²) in [7, 11) is -2.97. The maximum absolute atomic E-state index is 6.33. The van der Waals surface area contributed by atoms with Gasteiger partial charge < -0.3 is 0 Å². The molecule has 0 aromatic heterocycles. The summed E-state index contributed by atoms with van der Waals surface area (Å²) in [5, 5.41) is 1.01. The molecule has 132 valence electrons. The first-order chi connectivity index (χ1) is 11.8. The molecule has 0 radical (unpaired) electrons. The second-order valence-corrected chi connectivity index (χ2v) is 8.15. The summed E-state index contributed by atoms with van der Waals surface area (Å²) >= 11 is 0. The van der Waals surface area contributed by atoms with Gasteiger partial charge in [0.25, 0.3) is 0 Å². The second-order valence-electron chi connectivity index (χ2n) is 5.68. The van der Waals surface area contributed by atoms with Gasteiger partial charge in [0.15, 0.2) is 0 Å². The summed E-state index contributed by atoms with van der Waals surface area (Å²) in [5.41, 5.74) is 0. The quantitative estimate of drug-likeness (QED) is 0.395. The fraction of sp³-hybridized carbons (Fsp3) is 0.400. The fourth-order valence-electron chi connectivity index (χ4n) is 2.54. The molecule has 0 saturated heterocycles. The third-order valence-corrected chi connectivity index (χ3v) is 6.54. The third-order valence-electron chi connectivity index (χ3n) is 3.75. The third kappa shape index (κ3) is 5.59. The molecular weight excluding hydrogens is 319 g/mol. The van der Waals surface area contributed by atoms with E-state index in [0.717, 1.165) is 17.5 Å². The van der Waals surface area contributed by atoms with Crippen molar-refractivity contribution in [2.45, 2.75) is 39.5 Å². The van der Waals surface area contributed by atoms with Crippen LogP contribution in [0.1, 0.15) is 39.5 Å². The summed E-state index contributed by atoms with van der Waals surface area (Å²) in [6.45, 7) is 5.42. The van der Waals surface area contributed by atoms with Crippen molar-refractivity contribution < 1.29 is 13.6 Å². The molecule has 0 heterocycles. The molecule has 0 aliphatic carbocycles. The van der Waals surface area contributed by atoms with E-state index in [-0.39, 0.29) is 0 Å². The molecule has 0 atom stereocenters. The van der Waals surface area contributed by atoms with Crippen LogP contribution in [0.5, 0.6) is 5.75 Å². The van der Waals surface area contributed by atoms with Crippen LogP contribution < -0.4 is 9.83 Å². The van der Waals surface area contributed by atoms with Crippen LogP contribution in [0.15, 0.2) is 60.7 Å². The number of benzene rings is 2. The zero-order valence-corrected chi connectivity index (χ0v) is 15.7. The van der Waals surface area contributed by atoms with E-state index in [1.807, 2.05) is 67.6 Å². The Balaban J connectivity index is 2.19. The molecule has 0 fully saturated rings. The van der Waals surface area contributed by atoms with Crippen molar-refractivity contribution in [3.8, 4) is 5.75 Å². The molecule has 0 saturated carbocycles. The minimum atomic E-state index is -2.97. The molecular formula is C20H29O3P. The Bertz CT molecular complexity index is 562. The van der Waals surface area contributed by atoms with Crippen molar-refractivity contribution in [2.24, 2.45) is 0 Å². The predicted molar refractivity (Wildman–Crippen MR) is 103 cm³/mol. The molecule has 0 N–H and O–H groups in total. The van der Waals surface area contributed by atoms with E-state index in [1.165, 1.54) is 19.3 Å². The summed E-state index contributed by atoms with van der Waals surface area (Å²) in [6.07, 6.45) is 4.65. The van der Waals surface area contributed by atoms with Crippen molar-refractivity contribution in [2.75, 3.05) is 13.2 Å². The van der Waals surface area contributed by atoms with Crippen LogP contribution >= 0.6 is 7.94 Å². The zero-order valence-electron chi connectivity index (χ0n) is 14.7. The molecule has 24 heavy (non-hydrogen) atoms. The molecule has 0 amide bonds. The summed E-state index contributed by atoms with van der Waals surface area (Å²) in [6, 6.07) is 19.9. The molecule has 0 unspecified atom stereocenters. The van der Waals surface area contributed by atoms with Crippen molar-refractivity contribution in [1.82, 2.24) is 0 Å². The van der Waals surface area contributed by atoms with E-state index in [0.29, 0.717) is 13.2 Å². The van der Waals surface area contributed by atoms with Crippen LogP contribution in [0.25, 0.3) is 0 Å². The summed E-state index contributed by atoms with van der Waals surface area (Å²) < 4.78 is 18.8. The van der Waals surface area contributed by atoms with E-state index in [9.17, 15) is 0 Å². The van der Waals surface area contributed by atoms with Crippen LogP contribution in [-0.4, -0.2) is 13.2 Å². The molecule has 4 heteroatoms. The van der Waals surface area contributed by atoms with Crippen molar-refractivity contribution in [3.05, 3.63) is 60.7 Å². The molecule has 3 nitrogen and oxygen atoms in total. The minimum absolute atomic E-state index is 0.558. The van der Waals surface area contributed by atoms with Gasteiger partial charge >= 0.3 is 146 Å². The van der Waals surface area contributed by atoms with E-state index in [4.69, 9.17) is 13.6 Å². The van der Waals surface area contributed by atoms with Gasteiger partial charge in [0.2, 0.25) is 0 Å². The molecule has 2 rings (SSSR count). The van der Waals surface area contributed by atoms with Gasteiger partial charge in [0.1, 0.15) is 0 Å². The Labute approximate surface area is 146 Å². The Morgan fingerprint density at radius 2 is 1.42 bits per heavy atom. The first kappa shape index (κ1) is 18.9. The monoisotopic (exact) mass is 348 g/mol. The van der Waals surface area contributed by atoms with Crippen molar-refractivity contribution in [1.29, 1.82) is 0 Å². The van der Waals surface area contributed by atoms with Gasteiger partial charge in [-0.05, 0) is 0 Å². The molecule has 2 aromatic rings. The SMILES string of the molecule is CCCCCCO[PH](OCC)(Oc1ccccc1)c1ccccc1. The summed E-state index contributed by atoms with van der Waals surface area (Å²) in [5.74, 6) is 0.787. The Hall–Kier alpha value is -1.41. The average Bonchev–Trinajstić information content (AvgIpc) is 2.63. The van der Waals surface area contributed by atoms with Gasteiger partial charge in [0, 0.05) is 0 Å². The van der Waals surface area contributed by atoms with Gasteiger partial charge in [-0.3, -0.25) is 0 Å². The molecule has 2 aromatic carbocycles. The van der Waals surface area contributed by atoms with Gasteiger partial charge in [-0.25, -0.2) is 0 Å². The van der Waals surface area contributed by atoms with Gasteiger partial charge in [-0.1, -0.05) is 0 Å². The number of para-hydroxylation sites is 1. The first-order valence-electron chi connectivity index (χ1n) is 8.88. The van der Waals surface area contributed by atoms with Crippen molar-refractivity contribution >= 4 is 13.2 Å². The van der Waals surface area contributed by atoms with Crippen molar-refractivity contribution in [3.63, 3.8) is 0 Å². The van der Waals surface area contributed by atoms with E-state index in [2.05, 4.69) is 6.92 Å². The number of rotatable bonds is 11. The second kappa shape index (κ2) is 10.5. The van der Waals surface area contributed by atoms with Crippen LogP contribution in [0.3, 0.4) is 0 Å². The number of hydrogen-bond acceptors (Lipinski definition) is 3.